The average Bonchev–Trinajstić information content (AvgIpc) is 3.15. The maximum Gasteiger partial charge on any atom is 0.260 e. The van der Waals surface area contributed by atoms with Gasteiger partial charge in [0.1, 0.15) is 5.75 Å². The van der Waals surface area contributed by atoms with Crippen LogP contribution in [0.25, 0.3) is 0 Å². The monoisotopic (exact) mass is 373 g/mol. The molecule has 0 atom stereocenters. The molecule has 2 aliphatic rings. The minimum atomic E-state index is 0.0187. The Labute approximate surface area is 162 Å². The van der Waals surface area contributed by atoms with Gasteiger partial charge in [0, 0.05) is 39.3 Å². The highest BCUT2D eigenvalue weighted by Gasteiger charge is 2.24. The van der Waals surface area contributed by atoms with E-state index >= 15 is 0 Å². The Morgan fingerprint density at radius 2 is 1.74 bits per heavy atom. The van der Waals surface area contributed by atoms with Crippen LogP contribution >= 0.6 is 0 Å². The molecule has 2 amide bonds. The minimum Gasteiger partial charge on any atom is -0.484 e. The van der Waals surface area contributed by atoms with Gasteiger partial charge in [0.2, 0.25) is 5.91 Å². The van der Waals surface area contributed by atoms with E-state index in [1.54, 1.807) is 0 Å². The molecule has 0 spiro atoms. The maximum atomic E-state index is 12.4. The van der Waals surface area contributed by atoms with Gasteiger partial charge in [-0.25, -0.2) is 0 Å². The van der Waals surface area contributed by atoms with Gasteiger partial charge >= 0.3 is 0 Å². The summed E-state index contributed by atoms with van der Waals surface area (Å²) in [5.74, 6) is 0.970. The van der Waals surface area contributed by atoms with E-state index in [0.29, 0.717) is 19.6 Å². The number of piperazine rings is 1. The van der Waals surface area contributed by atoms with Crippen LogP contribution < -0.4 is 4.74 Å². The Kier molecular flexibility index (Phi) is 6.72. The van der Waals surface area contributed by atoms with E-state index in [-0.39, 0.29) is 18.4 Å². The summed E-state index contributed by atoms with van der Waals surface area (Å²) in [6.07, 6.45) is 3.46. The molecule has 1 heterocycles. The first-order valence-corrected chi connectivity index (χ1v) is 10.1. The Bertz CT molecular complexity index is 665. The van der Waals surface area contributed by atoms with E-state index in [4.69, 9.17) is 4.74 Å². The van der Waals surface area contributed by atoms with Crippen LogP contribution in [0.4, 0.5) is 0 Å². The molecule has 1 aliphatic heterocycles. The van der Waals surface area contributed by atoms with Gasteiger partial charge in [-0.2, -0.15) is 0 Å². The van der Waals surface area contributed by atoms with Gasteiger partial charge in [0.05, 0.1) is 6.54 Å². The van der Waals surface area contributed by atoms with Crippen molar-refractivity contribution in [2.45, 2.75) is 33.1 Å². The molecule has 0 bridgehead atoms. The Morgan fingerprint density at radius 1 is 1.04 bits per heavy atom. The SMILES string of the molecule is CCN(CC)C(=O)CN1CCN(C(=O)COc2ccc3c(c2)CCC3)CC1. The fourth-order valence-corrected chi connectivity index (χ4v) is 3.90. The van der Waals surface area contributed by atoms with Crippen molar-refractivity contribution in [1.29, 1.82) is 0 Å². The molecule has 6 nitrogen and oxygen atoms in total. The highest BCUT2D eigenvalue weighted by atomic mass is 16.5. The van der Waals surface area contributed by atoms with Crippen molar-refractivity contribution in [3.63, 3.8) is 0 Å². The number of benzene rings is 1. The number of carbonyl (C=O) groups excluding carboxylic acids is 2. The molecule has 1 aromatic carbocycles. The number of rotatable bonds is 7. The van der Waals surface area contributed by atoms with Crippen LogP contribution in [0.2, 0.25) is 0 Å². The summed E-state index contributed by atoms with van der Waals surface area (Å²) in [5, 5.41) is 0. The van der Waals surface area contributed by atoms with Crippen LogP contribution in [0, 0.1) is 0 Å². The molecule has 0 saturated carbocycles. The quantitative estimate of drug-likeness (QED) is 0.728. The van der Waals surface area contributed by atoms with Gasteiger partial charge in [-0.3, -0.25) is 14.5 Å². The number of ether oxygens (including phenoxy) is 1. The summed E-state index contributed by atoms with van der Waals surface area (Å²) in [5.41, 5.74) is 2.76. The molecule has 27 heavy (non-hydrogen) atoms. The zero-order valence-electron chi connectivity index (χ0n) is 16.6. The average molecular weight is 373 g/mol. The van der Waals surface area contributed by atoms with Crippen LogP contribution in [0.5, 0.6) is 5.75 Å². The first-order chi connectivity index (χ1) is 13.1. The number of hydrogen-bond acceptors (Lipinski definition) is 4. The maximum absolute atomic E-state index is 12.4. The minimum absolute atomic E-state index is 0.0187. The third-order valence-electron chi connectivity index (χ3n) is 5.63. The molecular weight excluding hydrogens is 342 g/mol. The lowest BCUT2D eigenvalue weighted by Gasteiger charge is -2.35. The smallest absolute Gasteiger partial charge is 0.260 e. The summed E-state index contributed by atoms with van der Waals surface area (Å²) < 4.78 is 5.73. The molecule has 0 radical (unpaired) electrons. The first kappa shape index (κ1) is 19.7. The van der Waals surface area contributed by atoms with Crippen molar-refractivity contribution in [3.05, 3.63) is 29.3 Å². The predicted molar refractivity (Wildman–Crippen MR) is 105 cm³/mol. The van der Waals surface area contributed by atoms with E-state index in [1.807, 2.05) is 29.7 Å². The second-order valence-electron chi connectivity index (χ2n) is 7.30. The molecule has 148 valence electrons. The third kappa shape index (κ3) is 5.01. The second kappa shape index (κ2) is 9.22. The van der Waals surface area contributed by atoms with E-state index in [9.17, 15) is 9.59 Å². The third-order valence-corrected chi connectivity index (χ3v) is 5.63. The van der Waals surface area contributed by atoms with Crippen molar-refractivity contribution in [2.24, 2.45) is 0 Å². The second-order valence-corrected chi connectivity index (χ2v) is 7.30. The first-order valence-electron chi connectivity index (χ1n) is 10.1. The molecule has 1 aliphatic carbocycles. The lowest BCUT2D eigenvalue weighted by molar-refractivity contribution is -0.136. The van der Waals surface area contributed by atoms with Gasteiger partial charge in [-0.15, -0.1) is 0 Å². The topological polar surface area (TPSA) is 53.1 Å². The number of fused-ring (bicyclic) bond motifs is 1. The zero-order valence-corrected chi connectivity index (χ0v) is 16.6. The van der Waals surface area contributed by atoms with Crippen molar-refractivity contribution in [3.8, 4) is 5.75 Å². The Morgan fingerprint density at radius 3 is 2.44 bits per heavy atom. The molecule has 3 rings (SSSR count). The standard InChI is InChI=1S/C21H31N3O3/c1-3-23(4-2)20(25)15-22-10-12-24(13-11-22)21(26)16-27-19-9-8-17-6-5-7-18(17)14-19/h8-9,14H,3-7,10-13,15-16H2,1-2H3. The van der Waals surface area contributed by atoms with Crippen LogP contribution in [0.1, 0.15) is 31.4 Å². The van der Waals surface area contributed by atoms with Crippen LogP contribution in [-0.4, -0.2) is 78.9 Å². The fourth-order valence-electron chi connectivity index (χ4n) is 3.90. The summed E-state index contributed by atoms with van der Waals surface area (Å²) in [6.45, 7) is 8.77. The van der Waals surface area contributed by atoms with Crippen LogP contribution in [0.3, 0.4) is 0 Å². The molecule has 6 heteroatoms. The molecule has 1 fully saturated rings. The van der Waals surface area contributed by atoms with Crippen molar-refractivity contribution in [1.82, 2.24) is 14.7 Å². The van der Waals surface area contributed by atoms with Gasteiger partial charge in [0.25, 0.3) is 5.91 Å². The predicted octanol–water partition coefficient (Wildman–Crippen LogP) is 1.57. The Balaban J connectivity index is 1.41. The number of carbonyl (C=O) groups is 2. The van der Waals surface area contributed by atoms with Crippen molar-refractivity contribution >= 4 is 11.8 Å². The van der Waals surface area contributed by atoms with Gasteiger partial charge in [-0.1, -0.05) is 6.07 Å². The highest BCUT2D eigenvalue weighted by Crippen LogP contribution is 2.26. The summed E-state index contributed by atoms with van der Waals surface area (Å²) in [6, 6.07) is 6.16. The number of nitrogens with zero attached hydrogens (tertiary/aromatic N) is 3. The van der Waals surface area contributed by atoms with E-state index in [0.717, 1.165) is 44.8 Å². The van der Waals surface area contributed by atoms with Crippen LogP contribution in [0.15, 0.2) is 18.2 Å². The lowest BCUT2D eigenvalue weighted by Crippen LogP contribution is -2.52. The number of aryl methyl sites for hydroxylation is 2. The number of amides is 2. The van der Waals surface area contributed by atoms with Gasteiger partial charge in [0.15, 0.2) is 6.61 Å². The van der Waals surface area contributed by atoms with Gasteiger partial charge in [-0.05, 0) is 56.4 Å². The zero-order chi connectivity index (χ0) is 19.2. The number of hydrogen-bond donors (Lipinski definition) is 0. The molecule has 0 unspecified atom stereocenters. The molecule has 0 aromatic heterocycles. The van der Waals surface area contributed by atoms with Crippen molar-refractivity contribution in [2.75, 3.05) is 52.4 Å². The lowest BCUT2D eigenvalue weighted by atomic mass is 10.1. The van der Waals surface area contributed by atoms with Crippen LogP contribution in [-0.2, 0) is 22.4 Å². The Hall–Kier alpha value is -2.08. The molecule has 1 saturated heterocycles. The summed E-state index contributed by atoms with van der Waals surface area (Å²) in [7, 11) is 0. The molecular formula is C21H31N3O3. The summed E-state index contributed by atoms with van der Waals surface area (Å²) >= 11 is 0. The van der Waals surface area contributed by atoms with Crippen molar-refractivity contribution < 1.29 is 14.3 Å². The summed E-state index contributed by atoms with van der Waals surface area (Å²) in [4.78, 5) is 30.5. The van der Waals surface area contributed by atoms with E-state index in [2.05, 4.69) is 17.0 Å². The largest absolute Gasteiger partial charge is 0.484 e. The van der Waals surface area contributed by atoms with E-state index < -0.39 is 0 Å². The van der Waals surface area contributed by atoms with Gasteiger partial charge < -0.3 is 14.5 Å². The van der Waals surface area contributed by atoms with E-state index in [1.165, 1.54) is 17.5 Å². The fraction of sp³-hybridized carbons (Fsp3) is 0.619. The number of likely N-dealkylation sites (N-methyl/N-ethyl adjacent to an activating group) is 1. The highest BCUT2D eigenvalue weighted by molar-refractivity contribution is 5.79. The molecule has 0 N–H and O–H groups in total. The molecule has 1 aromatic rings. The normalized spacial score (nSPS) is 16.9.